The molecule has 1 amide bonds. The number of thioether (sulfide) groups is 1. The first-order valence-electron chi connectivity index (χ1n) is 6.73. The van der Waals surface area contributed by atoms with Crippen molar-refractivity contribution >= 4 is 30.3 Å². The van der Waals surface area contributed by atoms with E-state index in [1.54, 1.807) is 0 Å². The third-order valence-electron chi connectivity index (χ3n) is 3.86. The van der Waals surface area contributed by atoms with Gasteiger partial charge in [0.1, 0.15) is 0 Å². The molecule has 2 rings (SSSR count). The van der Waals surface area contributed by atoms with Gasteiger partial charge in [0.15, 0.2) is 0 Å². The fraction of sp³-hybridized carbons (Fsp3) is 0.533. The van der Waals surface area contributed by atoms with Crippen LogP contribution in [0.1, 0.15) is 31.2 Å². The molecule has 0 aliphatic heterocycles. The Morgan fingerprint density at radius 3 is 2.53 bits per heavy atom. The molecule has 1 aliphatic carbocycles. The number of hydrogen-bond acceptors (Lipinski definition) is 3. The molecule has 0 saturated heterocycles. The van der Waals surface area contributed by atoms with E-state index in [-0.39, 0.29) is 10.7 Å². The Labute approximate surface area is 125 Å². The smallest absolute Gasteiger partial charge is 0.224 e. The molecule has 1 saturated carbocycles. The van der Waals surface area contributed by atoms with Gasteiger partial charge in [-0.15, -0.1) is 12.6 Å². The van der Waals surface area contributed by atoms with Crippen LogP contribution in [0.15, 0.2) is 29.2 Å². The zero-order valence-corrected chi connectivity index (χ0v) is 13.0. The Bertz CT molecular complexity index is 424. The second-order valence-corrected chi connectivity index (χ2v) is 7.00. The number of thiol groups is 1. The Morgan fingerprint density at radius 2 is 1.95 bits per heavy atom. The molecule has 1 N–H and O–H groups in total. The van der Waals surface area contributed by atoms with Crippen LogP contribution in [0.4, 0.5) is 0 Å². The van der Waals surface area contributed by atoms with E-state index in [9.17, 15) is 4.79 Å². The monoisotopic (exact) mass is 295 g/mol. The van der Waals surface area contributed by atoms with Gasteiger partial charge < -0.3 is 5.32 Å². The molecule has 2 nitrogen and oxygen atoms in total. The van der Waals surface area contributed by atoms with Crippen molar-refractivity contribution in [2.45, 2.75) is 41.7 Å². The highest BCUT2D eigenvalue weighted by Crippen LogP contribution is 2.39. The Morgan fingerprint density at radius 1 is 1.32 bits per heavy atom. The van der Waals surface area contributed by atoms with Crippen LogP contribution in [0, 0.1) is 0 Å². The molecule has 0 atom stereocenters. The average molecular weight is 295 g/mol. The highest BCUT2D eigenvalue weighted by Gasteiger charge is 2.33. The number of benzene rings is 1. The quantitative estimate of drug-likeness (QED) is 0.816. The maximum Gasteiger partial charge on any atom is 0.224 e. The molecule has 0 aromatic heterocycles. The van der Waals surface area contributed by atoms with Gasteiger partial charge >= 0.3 is 0 Å². The third-order valence-corrected chi connectivity index (χ3v) is 5.57. The van der Waals surface area contributed by atoms with Crippen LogP contribution >= 0.6 is 24.4 Å². The van der Waals surface area contributed by atoms with Crippen molar-refractivity contribution in [1.82, 2.24) is 5.32 Å². The van der Waals surface area contributed by atoms with Crippen LogP contribution in [0.2, 0.25) is 0 Å². The van der Waals surface area contributed by atoms with E-state index in [0.29, 0.717) is 6.42 Å². The molecular formula is C15H21NOS2. The lowest BCUT2D eigenvalue weighted by Gasteiger charge is -2.26. The highest BCUT2D eigenvalue weighted by molar-refractivity contribution is 8.00. The number of amides is 1. The Balaban J connectivity index is 1.82. The van der Waals surface area contributed by atoms with E-state index >= 15 is 0 Å². The minimum Gasteiger partial charge on any atom is -0.354 e. The lowest BCUT2D eigenvalue weighted by molar-refractivity contribution is -0.120. The molecule has 104 valence electrons. The number of carbonyl (C=O) groups excluding carboxylic acids is 1. The van der Waals surface area contributed by atoms with Crippen LogP contribution in [0.3, 0.4) is 0 Å². The Hall–Kier alpha value is -0.610. The summed E-state index contributed by atoms with van der Waals surface area (Å²) in [6.07, 6.45) is 7.65. The molecule has 19 heavy (non-hydrogen) atoms. The summed E-state index contributed by atoms with van der Waals surface area (Å²) >= 11 is 6.15. The normalized spacial score (nSPS) is 17.4. The van der Waals surface area contributed by atoms with Gasteiger partial charge in [-0.05, 0) is 36.8 Å². The summed E-state index contributed by atoms with van der Waals surface area (Å²) in [5.41, 5.74) is 1.04. The van der Waals surface area contributed by atoms with Crippen LogP contribution in [0.5, 0.6) is 0 Å². The molecule has 1 fully saturated rings. The van der Waals surface area contributed by atoms with E-state index in [0.717, 1.165) is 17.0 Å². The number of carbonyl (C=O) groups is 1. The molecule has 1 aromatic rings. The fourth-order valence-corrected chi connectivity index (χ4v) is 3.66. The maximum atomic E-state index is 12.0. The minimum absolute atomic E-state index is 0.118. The summed E-state index contributed by atoms with van der Waals surface area (Å²) in [4.78, 5) is 12.9. The van der Waals surface area contributed by atoms with Crippen LogP contribution in [-0.4, -0.2) is 23.5 Å². The average Bonchev–Trinajstić information content (AvgIpc) is 2.89. The molecule has 1 aliphatic rings. The van der Waals surface area contributed by atoms with Gasteiger partial charge in [0.2, 0.25) is 5.91 Å². The number of nitrogens with one attached hydrogen (secondary N) is 1. The van der Waals surface area contributed by atoms with E-state index in [2.05, 4.69) is 24.2 Å². The maximum absolute atomic E-state index is 12.0. The summed E-state index contributed by atoms with van der Waals surface area (Å²) in [6.45, 7) is 0.803. The first-order valence-corrected chi connectivity index (χ1v) is 8.40. The van der Waals surface area contributed by atoms with Crippen LogP contribution in [-0.2, 0) is 11.2 Å². The predicted octanol–water partition coefficient (Wildman–Crippen LogP) is 3.31. The van der Waals surface area contributed by atoms with Crippen molar-refractivity contribution in [3.8, 4) is 0 Å². The first kappa shape index (κ1) is 14.8. The van der Waals surface area contributed by atoms with E-state index < -0.39 is 0 Å². The van der Waals surface area contributed by atoms with Crippen LogP contribution < -0.4 is 5.32 Å². The van der Waals surface area contributed by atoms with Crippen molar-refractivity contribution in [2.75, 3.05) is 12.8 Å². The molecule has 1 aromatic carbocycles. The molecule has 4 heteroatoms. The van der Waals surface area contributed by atoms with Gasteiger partial charge in [-0.25, -0.2) is 0 Å². The van der Waals surface area contributed by atoms with Gasteiger partial charge in [-0.3, -0.25) is 4.79 Å². The predicted molar refractivity (Wildman–Crippen MR) is 85.1 cm³/mol. The lowest BCUT2D eigenvalue weighted by atomic mass is 10.1. The zero-order chi connectivity index (χ0) is 13.7. The van der Waals surface area contributed by atoms with E-state index in [1.807, 2.05) is 36.0 Å². The zero-order valence-electron chi connectivity index (χ0n) is 11.3. The second-order valence-electron chi connectivity index (χ2n) is 5.21. The van der Waals surface area contributed by atoms with Crippen molar-refractivity contribution in [2.24, 2.45) is 0 Å². The Kier molecular flexibility index (Phi) is 5.22. The molecule has 0 spiro atoms. The first-order chi connectivity index (χ1) is 9.13. The molecular weight excluding hydrogens is 274 g/mol. The molecule has 0 heterocycles. The summed E-state index contributed by atoms with van der Waals surface area (Å²) in [5, 5.41) is 3.10. The second kappa shape index (κ2) is 6.71. The molecule has 0 bridgehead atoms. The van der Waals surface area contributed by atoms with Gasteiger partial charge in [-0.2, -0.15) is 11.8 Å². The SMILES string of the molecule is CSC1(CNC(=O)Cc2ccc(S)cc2)CCCC1. The molecule has 0 unspecified atom stereocenters. The fourth-order valence-electron chi connectivity index (χ4n) is 2.59. The lowest BCUT2D eigenvalue weighted by Crippen LogP contribution is -2.39. The van der Waals surface area contributed by atoms with Crippen molar-refractivity contribution in [3.63, 3.8) is 0 Å². The van der Waals surface area contributed by atoms with E-state index in [4.69, 9.17) is 0 Å². The van der Waals surface area contributed by atoms with Gasteiger partial charge in [-0.1, -0.05) is 25.0 Å². The van der Waals surface area contributed by atoms with Gasteiger partial charge in [0.25, 0.3) is 0 Å². The third kappa shape index (κ3) is 4.18. The minimum atomic E-state index is 0.118. The largest absolute Gasteiger partial charge is 0.354 e. The van der Waals surface area contributed by atoms with Crippen molar-refractivity contribution < 1.29 is 4.79 Å². The summed E-state index contributed by atoms with van der Waals surface area (Å²) in [5.74, 6) is 0.118. The number of hydrogen-bond donors (Lipinski definition) is 2. The van der Waals surface area contributed by atoms with Gasteiger partial charge in [0.05, 0.1) is 6.42 Å². The summed E-state index contributed by atoms with van der Waals surface area (Å²) in [6, 6.07) is 7.77. The number of rotatable bonds is 5. The standard InChI is InChI=1S/C15H21NOS2/c1-19-15(8-2-3-9-15)11-16-14(17)10-12-4-6-13(18)7-5-12/h4-7,18H,2-3,8-11H2,1H3,(H,16,17). The van der Waals surface area contributed by atoms with Crippen molar-refractivity contribution in [3.05, 3.63) is 29.8 Å². The van der Waals surface area contributed by atoms with Crippen molar-refractivity contribution in [1.29, 1.82) is 0 Å². The highest BCUT2D eigenvalue weighted by atomic mass is 32.2. The summed E-state index contributed by atoms with van der Waals surface area (Å²) < 4.78 is 0.282. The molecule has 0 radical (unpaired) electrons. The van der Waals surface area contributed by atoms with Gasteiger partial charge in [0, 0.05) is 16.2 Å². The topological polar surface area (TPSA) is 29.1 Å². The van der Waals surface area contributed by atoms with Crippen LogP contribution in [0.25, 0.3) is 0 Å². The van der Waals surface area contributed by atoms with E-state index in [1.165, 1.54) is 25.7 Å². The summed E-state index contributed by atoms with van der Waals surface area (Å²) in [7, 11) is 0.